The summed E-state index contributed by atoms with van der Waals surface area (Å²) in [4.78, 5) is 28.2. The van der Waals surface area contributed by atoms with Gasteiger partial charge in [-0.15, -0.1) is 0 Å². The monoisotopic (exact) mass is 398 g/mol. The molecule has 0 fully saturated rings. The summed E-state index contributed by atoms with van der Waals surface area (Å²) in [6.45, 7) is 1.43. The van der Waals surface area contributed by atoms with Gasteiger partial charge in [-0.25, -0.2) is 9.48 Å². The second-order valence-corrected chi connectivity index (χ2v) is 6.51. The summed E-state index contributed by atoms with van der Waals surface area (Å²) in [7, 11) is 0. The van der Waals surface area contributed by atoms with E-state index in [1.54, 1.807) is 53.6 Å². The highest BCUT2D eigenvalue weighted by atomic mass is 16.5. The summed E-state index contributed by atoms with van der Waals surface area (Å²) < 4.78 is 7.18. The number of nitrogens with zero attached hydrogens (tertiary/aromatic N) is 3. The quantitative estimate of drug-likeness (QED) is 0.404. The smallest absolute Gasteiger partial charge is 0.347 e. The van der Waals surface area contributed by atoms with Crippen molar-refractivity contribution in [3.8, 4) is 22.7 Å². The molecular weight excluding hydrogens is 380 g/mol. The molecule has 0 aliphatic heterocycles. The van der Waals surface area contributed by atoms with Gasteiger partial charge in [0.1, 0.15) is 17.0 Å². The molecule has 0 unspecified atom stereocenters. The van der Waals surface area contributed by atoms with Gasteiger partial charge >= 0.3 is 5.97 Å². The number of carbonyl (C=O) groups excluding carboxylic acids is 2. The fraction of sp³-hybridized carbons (Fsp3) is 0.0435. The van der Waals surface area contributed by atoms with Crippen molar-refractivity contribution in [3.63, 3.8) is 0 Å². The molecule has 30 heavy (non-hydrogen) atoms. The summed E-state index contributed by atoms with van der Waals surface area (Å²) in [5.41, 5.74) is 2.95. The molecule has 7 heteroatoms. The standard InChI is InChI=1S/C23H18N4O3/c1-16(28)25-18-9-11-20(12-10-18)30-23(29)21-15-27(19-7-3-2-4-8-19)26-22(21)17-6-5-13-24-14-17/h2-15H,1H3,(H,25,28). The Kier molecular flexibility index (Phi) is 5.34. The summed E-state index contributed by atoms with van der Waals surface area (Å²) >= 11 is 0. The number of amides is 1. The van der Waals surface area contributed by atoms with Gasteiger partial charge in [0.2, 0.25) is 5.91 Å². The van der Waals surface area contributed by atoms with Gasteiger partial charge in [0.25, 0.3) is 0 Å². The van der Waals surface area contributed by atoms with Gasteiger partial charge in [-0.2, -0.15) is 5.10 Å². The van der Waals surface area contributed by atoms with Crippen LogP contribution in [0.15, 0.2) is 85.3 Å². The number of anilines is 1. The SMILES string of the molecule is CC(=O)Nc1ccc(OC(=O)c2cn(-c3ccccc3)nc2-c2cccnc2)cc1. The molecule has 0 bridgehead atoms. The van der Waals surface area contributed by atoms with Crippen molar-refractivity contribution in [2.45, 2.75) is 6.92 Å². The zero-order valence-electron chi connectivity index (χ0n) is 16.1. The Hall–Kier alpha value is -4.26. The molecule has 0 saturated heterocycles. The second-order valence-electron chi connectivity index (χ2n) is 6.51. The lowest BCUT2D eigenvalue weighted by Crippen LogP contribution is -2.09. The molecule has 2 aromatic heterocycles. The summed E-state index contributed by atoms with van der Waals surface area (Å²) in [6, 6.07) is 19.7. The highest BCUT2D eigenvalue weighted by molar-refractivity contribution is 5.97. The zero-order valence-corrected chi connectivity index (χ0v) is 16.1. The predicted molar refractivity (Wildman–Crippen MR) is 112 cm³/mol. The first kappa shape index (κ1) is 19.1. The van der Waals surface area contributed by atoms with E-state index in [2.05, 4.69) is 15.4 Å². The number of aromatic nitrogens is 3. The number of benzene rings is 2. The van der Waals surface area contributed by atoms with Crippen LogP contribution in [0.25, 0.3) is 16.9 Å². The third-order valence-electron chi connectivity index (χ3n) is 4.28. The van der Waals surface area contributed by atoms with E-state index in [0.29, 0.717) is 28.3 Å². The summed E-state index contributed by atoms with van der Waals surface area (Å²) in [5, 5.41) is 7.26. The van der Waals surface area contributed by atoms with Gasteiger partial charge in [-0.3, -0.25) is 9.78 Å². The largest absolute Gasteiger partial charge is 0.423 e. The maximum Gasteiger partial charge on any atom is 0.347 e. The van der Waals surface area contributed by atoms with Crippen molar-refractivity contribution in [2.24, 2.45) is 0 Å². The molecule has 4 rings (SSSR count). The molecule has 7 nitrogen and oxygen atoms in total. The van der Waals surface area contributed by atoms with Crippen LogP contribution >= 0.6 is 0 Å². The first-order chi connectivity index (χ1) is 14.6. The van der Waals surface area contributed by atoms with Crippen LogP contribution in [-0.4, -0.2) is 26.6 Å². The highest BCUT2D eigenvalue weighted by Crippen LogP contribution is 2.25. The molecule has 0 atom stereocenters. The molecular formula is C23H18N4O3. The normalized spacial score (nSPS) is 10.4. The lowest BCUT2D eigenvalue weighted by Gasteiger charge is -2.06. The van der Waals surface area contributed by atoms with E-state index in [-0.39, 0.29) is 5.91 Å². The van der Waals surface area contributed by atoms with E-state index < -0.39 is 5.97 Å². The summed E-state index contributed by atoms with van der Waals surface area (Å²) in [6.07, 6.45) is 4.95. The maximum absolute atomic E-state index is 12.9. The van der Waals surface area contributed by atoms with Gasteiger partial charge in [0.15, 0.2) is 0 Å². The van der Waals surface area contributed by atoms with Gasteiger partial charge in [0.05, 0.1) is 5.69 Å². The zero-order chi connectivity index (χ0) is 20.9. The van der Waals surface area contributed by atoms with Crippen LogP contribution in [0, 0.1) is 0 Å². The lowest BCUT2D eigenvalue weighted by molar-refractivity contribution is -0.114. The average Bonchev–Trinajstić information content (AvgIpc) is 3.22. The first-order valence-corrected chi connectivity index (χ1v) is 9.25. The number of ether oxygens (including phenoxy) is 1. The highest BCUT2D eigenvalue weighted by Gasteiger charge is 2.20. The number of hydrogen-bond donors (Lipinski definition) is 1. The van der Waals surface area contributed by atoms with Crippen molar-refractivity contribution >= 4 is 17.6 Å². The third-order valence-corrected chi connectivity index (χ3v) is 4.28. The van der Waals surface area contributed by atoms with Crippen LogP contribution in [-0.2, 0) is 4.79 Å². The molecule has 148 valence electrons. The number of pyridine rings is 1. The molecule has 0 radical (unpaired) electrons. The van der Waals surface area contributed by atoms with Crippen LogP contribution in [0.2, 0.25) is 0 Å². The van der Waals surface area contributed by atoms with E-state index in [9.17, 15) is 9.59 Å². The topological polar surface area (TPSA) is 86.1 Å². The van der Waals surface area contributed by atoms with Crippen molar-refractivity contribution in [1.29, 1.82) is 0 Å². The average molecular weight is 398 g/mol. The molecule has 2 heterocycles. The Morgan fingerprint density at radius 2 is 1.73 bits per heavy atom. The Morgan fingerprint density at radius 1 is 0.967 bits per heavy atom. The number of hydrogen-bond acceptors (Lipinski definition) is 5. The van der Waals surface area contributed by atoms with Crippen molar-refractivity contribution < 1.29 is 14.3 Å². The molecule has 0 saturated carbocycles. The summed E-state index contributed by atoms with van der Waals surface area (Å²) in [5.74, 6) is -0.351. The number of esters is 1. The lowest BCUT2D eigenvalue weighted by atomic mass is 10.1. The van der Waals surface area contributed by atoms with E-state index in [4.69, 9.17) is 4.74 Å². The Bertz CT molecular complexity index is 1170. The number of nitrogens with one attached hydrogen (secondary N) is 1. The number of rotatable bonds is 5. The van der Waals surface area contributed by atoms with Gasteiger partial charge in [-0.1, -0.05) is 18.2 Å². The van der Waals surface area contributed by atoms with Gasteiger partial charge in [-0.05, 0) is 48.5 Å². The predicted octanol–water partition coefficient (Wildman–Crippen LogP) is 4.11. The van der Waals surface area contributed by atoms with E-state index in [0.717, 1.165) is 5.69 Å². The molecule has 0 spiro atoms. The van der Waals surface area contributed by atoms with E-state index >= 15 is 0 Å². The molecule has 2 aromatic carbocycles. The van der Waals surface area contributed by atoms with Crippen molar-refractivity contribution in [1.82, 2.24) is 14.8 Å². The molecule has 0 aliphatic rings. The van der Waals surface area contributed by atoms with Crippen LogP contribution in [0.5, 0.6) is 5.75 Å². The number of carbonyl (C=O) groups is 2. The van der Waals surface area contributed by atoms with Crippen LogP contribution in [0.3, 0.4) is 0 Å². The number of para-hydroxylation sites is 1. The van der Waals surface area contributed by atoms with Crippen molar-refractivity contribution in [3.05, 3.63) is 90.9 Å². The fourth-order valence-corrected chi connectivity index (χ4v) is 2.92. The van der Waals surface area contributed by atoms with E-state index in [1.165, 1.54) is 6.92 Å². The first-order valence-electron chi connectivity index (χ1n) is 9.25. The Labute approximate surface area is 173 Å². The van der Waals surface area contributed by atoms with Gasteiger partial charge in [0, 0.05) is 36.8 Å². The third kappa shape index (κ3) is 4.25. The van der Waals surface area contributed by atoms with Crippen LogP contribution < -0.4 is 10.1 Å². The Morgan fingerprint density at radius 3 is 2.40 bits per heavy atom. The molecule has 4 aromatic rings. The molecule has 1 N–H and O–H groups in total. The minimum atomic E-state index is -0.539. The van der Waals surface area contributed by atoms with Gasteiger partial charge < -0.3 is 10.1 Å². The molecule has 1 amide bonds. The molecule has 0 aliphatic carbocycles. The minimum absolute atomic E-state index is 0.172. The van der Waals surface area contributed by atoms with Crippen LogP contribution in [0.1, 0.15) is 17.3 Å². The maximum atomic E-state index is 12.9. The Balaban J connectivity index is 1.65. The minimum Gasteiger partial charge on any atom is -0.423 e. The van der Waals surface area contributed by atoms with E-state index in [1.807, 2.05) is 36.4 Å². The van der Waals surface area contributed by atoms with Crippen LogP contribution in [0.4, 0.5) is 5.69 Å². The van der Waals surface area contributed by atoms with Crippen molar-refractivity contribution in [2.75, 3.05) is 5.32 Å². The second kappa shape index (κ2) is 8.40. The fourth-order valence-electron chi connectivity index (χ4n) is 2.92.